The third kappa shape index (κ3) is 6.07. The molecule has 2 heterocycles. The lowest BCUT2D eigenvalue weighted by atomic mass is 10.1. The Bertz CT molecular complexity index is 1050. The zero-order valence-corrected chi connectivity index (χ0v) is 15.2. The van der Waals surface area contributed by atoms with Crippen LogP contribution in [0.2, 0.25) is 0 Å². The van der Waals surface area contributed by atoms with Gasteiger partial charge in [0.2, 0.25) is 5.88 Å². The summed E-state index contributed by atoms with van der Waals surface area (Å²) in [7, 11) is 0. The molecule has 0 aliphatic heterocycles. The van der Waals surface area contributed by atoms with Gasteiger partial charge in [-0.15, -0.1) is 13.2 Å². The predicted molar refractivity (Wildman–Crippen MR) is 94.6 cm³/mol. The third-order valence-corrected chi connectivity index (χ3v) is 3.61. The molecule has 2 aromatic heterocycles. The highest BCUT2D eigenvalue weighted by Crippen LogP contribution is 2.33. The Labute approximate surface area is 170 Å². The maximum Gasteiger partial charge on any atom is 0.573 e. The Hall–Kier alpha value is -3.83. The molecule has 0 radical (unpaired) electrons. The van der Waals surface area contributed by atoms with Gasteiger partial charge in [0.15, 0.2) is 0 Å². The normalized spacial score (nSPS) is 11.7. The van der Waals surface area contributed by atoms with Gasteiger partial charge in [-0.2, -0.15) is 13.2 Å². The fraction of sp³-hybridized carbons (Fsp3) is 0.105. The summed E-state index contributed by atoms with van der Waals surface area (Å²) in [6, 6.07) is 7.53. The van der Waals surface area contributed by atoms with Gasteiger partial charge in [0.1, 0.15) is 17.1 Å². The molecular formula is C19H11F6N3O3. The van der Waals surface area contributed by atoms with Crippen molar-refractivity contribution in [1.82, 2.24) is 9.97 Å². The van der Waals surface area contributed by atoms with E-state index >= 15 is 0 Å². The van der Waals surface area contributed by atoms with Crippen molar-refractivity contribution in [2.75, 3.05) is 5.32 Å². The quantitative estimate of drug-likeness (QED) is 0.532. The fourth-order valence-electron chi connectivity index (χ4n) is 2.31. The Morgan fingerprint density at radius 1 is 0.935 bits per heavy atom. The standard InChI is InChI=1S/C19H11F6N3O3/c20-18(21,22)11-8-15(16(29)28-12-2-1-7-26-10-12)17(27-9-11)30-13-3-5-14(6-4-13)31-19(23,24)25/h1-10H,(H,28,29). The molecule has 3 rings (SSSR count). The van der Waals surface area contributed by atoms with E-state index in [1.54, 1.807) is 0 Å². The maximum atomic E-state index is 13.1. The summed E-state index contributed by atoms with van der Waals surface area (Å²) >= 11 is 0. The smallest absolute Gasteiger partial charge is 0.438 e. The Morgan fingerprint density at radius 2 is 1.61 bits per heavy atom. The van der Waals surface area contributed by atoms with Crippen LogP contribution in [0.3, 0.4) is 0 Å². The number of benzene rings is 1. The molecule has 0 unspecified atom stereocenters. The number of nitrogens with zero attached hydrogens (tertiary/aromatic N) is 2. The van der Waals surface area contributed by atoms with E-state index < -0.39 is 41.2 Å². The number of amides is 1. The predicted octanol–water partition coefficient (Wildman–Crippen LogP) is 5.44. The molecule has 0 aliphatic carbocycles. The zero-order valence-electron chi connectivity index (χ0n) is 15.2. The van der Waals surface area contributed by atoms with Crippen LogP contribution in [0.15, 0.2) is 61.1 Å². The Kier molecular flexibility index (Phi) is 5.99. The number of hydrogen-bond donors (Lipinski definition) is 1. The molecule has 3 aromatic rings. The van der Waals surface area contributed by atoms with Crippen molar-refractivity contribution < 1.29 is 40.6 Å². The molecule has 0 fully saturated rings. The van der Waals surface area contributed by atoms with Crippen LogP contribution in [0.1, 0.15) is 15.9 Å². The highest BCUT2D eigenvalue weighted by molar-refractivity contribution is 6.05. The van der Waals surface area contributed by atoms with Crippen LogP contribution in [0, 0.1) is 0 Å². The lowest BCUT2D eigenvalue weighted by molar-refractivity contribution is -0.274. The van der Waals surface area contributed by atoms with Crippen LogP contribution in [-0.4, -0.2) is 22.2 Å². The molecule has 0 saturated carbocycles. The number of hydrogen-bond acceptors (Lipinski definition) is 5. The monoisotopic (exact) mass is 443 g/mol. The van der Waals surface area contributed by atoms with Crippen LogP contribution in [0.4, 0.5) is 32.0 Å². The first kappa shape index (κ1) is 21.9. The van der Waals surface area contributed by atoms with Crippen LogP contribution < -0.4 is 14.8 Å². The Morgan fingerprint density at radius 3 is 2.19 bits per heavy atom. The molecule has 162 valence electrons. The number of pyridine rings is 2. The number of carbonyl (C=O) groups is 1. The molecule has 6 nitrogen and oxygen atoms in total. The van der Waals surface area contributed by atoms with Crippen molar-refractivity contribution in [2.24, 2.45) is 0 Å². The summed E-state index contributed by atoms with van der Waals surface area (Å²) in [5, 5.41) is 2.36. The molecule has 1 amide bonds. The number of rotatable bonds is 5. The minimum Gasteiger partial charge on any atom is -0.438 e. The van der Waals surface area contributed by atoms with E-state index in [1.807, 2.05) is 0 Å². The lowest BCUT2D eigenvalue weighted by Gasteiger charge is -2.14. The zero-order chi connectivity index (χ0) is 22.6. The maximum absolute atomic E-state index is 13.1. The van der Waals surface area contributed by atoms with E-state index in [0.717, 1.165) is 24.3 Å². The molecule has 0 atom stereocenters. The summed E-state index contributed by atoms with van der Waals surface area (Å²) in [6.07, 6.45) is -6.49. The topological polar surface area (TPSA) is 73.3 Å². The second-order valence-corrected chi connectivity index (χ2v) is 5.89. The lowest BCUT2D eigenvalue weighted by Crippen LogP contribution is -2.17. The van der Waals surface area contributed by atoms with Crippen molar-refractivity contribution >= 4 is 11.6 Å². The number of alkyl halides is 6. The van der Waals surface area contributed by atoms with E-state index in [-0.39, 0.29) is 11.4 Å². The molecule has 0 aliphatic rings. The van der Waals surface area contributed by atoms with Crippen molar-refractivity contribution in [2.45, 2.75) is 12.5 Å². The molecule has 1 aromatic carbocycles. The van der Waals surface area contributed by atoms with Crippen molar-refractivity contribution in [1.29, 1.82) is 0 Å². The first-order valence-corrected chi connectivity index (χ1v) is 8.33. The Balaban J connectivity index is 1.89. The summed E-state index contributed by atoms with van der Waals surface area (Å²) in [6.45, 7) is 0. The van der Waals surface area contributed by atoms with Gasteiger partial charge in [-0.25, -0.2) is 4.98 Å². The number of carbonyl (C=O) groups excluding carboxylic acids is 1. The van der Waals surface area contributed by atoms with Gasteiger partial charge in [-0.3, -0.25) is 9.78 Å². The molecule has 0 spiro atoms. The first-order valence-electron chi connectivity index (χ1n) is 8.33. The van der Waals surface area contributed by atoms with E-state index in [1.165, 1.54) is 24.5 Å². The number of halogens is 6. The summed E-state index contributed by atoms with van der Waals surface area (Å²) < 4.78 is 85.0. The molecular weight excluding hydrogens is 432 g/mol. The SMILES string of the molecule is O=C(Nc1cccnc1)c1cc(C(F)(F)F)cnc1Oc1ccc(OC(F)(F)F)cc1. The number of anilines is 1. The first-order chi connectivity index (χ1) is 14.5. The second kappa shape index (κ2) is 8.50. The second-order valence-electron chi connectivity index (χ2n) is 5.89. The van der Waals surface area contributed by atoms with E-state index in [9.17, 15) is 31.1 Å². The van der Waals surface area contributed by atoms with E-state index in [4.69, 9.17) is 4.74 Å². The van der Waals surface area contributed by atoms with Gasteiger partial charge in [0, 0.05) is 12.4 Å². The highest BCUT2D eigenvalue weighted by Gasteiger charge is 2.33. The minimum atomic E-state index is -4.89. The van der Waals surface area contributed by atoms with Gasteiger partial charge in [0.05, 0.1) is 17.4 Å². The molecule has 12 heteroatoms. The largest absolute Gasteiger partial charge is 0.573 e. The summed E-state index contributed by atoms with van der Waals surface area (Å²) in [4.78, 5) is 19.9. The third-order valence-electron chi connectivity index (χ3n) is 3.61. The molecule has 0 saturated heterocycles. The highest BCUT2D eigenvalue weighted by atomic mass is 19.4. The molecule has 31 heavy (non-hydrogen) atoms. The van der Waals surface area contributed by atoms with E-state index in [2.05, 4.69) is 20.0 Å². The van der Waals surface area contributed by atoms with Crippen LogP contribution in [0.25, 0.3) is 0 Å². The summed E-state index contributed by atoms with van der Waals surface area (Å²) in [5.41, 5.74) is -1.52. The van der Waals surface area contributed by atoms with E-state index in [0.29, 0.717) is 12.3 Å². The van der Waals surface area contributed by atoms with Crippen LogP contribution >= 0.6 is 0 Å². The van der Waals surface area contributed by atoms with Crippen molar-refractivity contribution in [3.63, 3.8) is 0 Å². The minimum absolute atomic E-state index is 0.0859. The fourth-order valence-corrected chi connectivity index (χ4v) is 2.31. The van der Waals surface area contributed by atoms with Gasteiger partial charge in [0.25, 0.3) is 5.91 Å². The van der Waals surface area contributed by atoms with Crippen LogP contribution in [0.5, 0.6) is 17.4 Å². The number of nitrogens with one attached hydrogen (secondary N) is 1. The average molecular weight is 443 g/mol. The van der Waals surface area contributed by atoms with Crippen molar-refractivity contribution in [3.05, 3.63) is 72.2 Å². The van der Waals surface area contributed by atoms with Gasteiger partial charge < -0.3 is 14.8 Å². The van der Waals surface area contributed by atoms with Gasteiger partial charge in [-0.1, -0.05) is 0 Å². The number of ether oxygens (including phenoxy) is 2. The van der Waals surface area contributed by atoms with Gasteiger partial charge in [-0.05, 0) is 42.5 Å². The molecule has 0 bridgehead atoms. The van der Waals surface area contributed by atoms with Crippen LogP contribution in [-0.2, 0) is 6.18 Å². The summed E-state index contributed by atoms with van der Waals surface area (Å²) in [5.74, 6) is -2.07. The average Bonchev–Trinajstić information content (AvgIpc) is 2.68. The van der Waals surface area contributed by atoms with Gasteiger partial charge >= 0.3 is 12.5 Å². The number of aromatic nitrogens is 2. The van der Waals surface area contributed by atoms with Crippen molar-refractivity contribution in [3.8, 4) is 17.4 Å². The molecule has 1 N–H and O–H groups in total.